The van der Waals surface area contributed by atoms with Gasteiger partial charge in [0.15, 0.2) is 5.78 Å². The van der Waals surface area contributed by atoms with Gasteiger partial charge in [0.25, 0.3) is 0 Å². The predicted molar refractivity (Wildman–Crippen MR) is 75.6 cm³/mol. The van der Waals surface area contributed by atoms with Crippen molar-refractivity contribution >= 4 is 5.78 Å². The highest BCUT2D eigenvalue weighted by molar-refractivity contribution is 5.99. The van der Waals surface area contributed by atoms with Crippen molar-refractivity contribution in [1.82, 2.24) is 4.90 Å². The molecule has 2 rings (SSSR count). The van der Waals surface area contributed by atoms with Crippen LogP contribution in [0.4, 0.5) is 0 Å². The van der Waals surface area contributed by atoms with Crippen LogP contribution in [0.2, 0.25) is 0 Å². The van der Waals surface area contributed by atoms with Gasteiger partial charge in [0.2, 0.25) is 0 Å². The van der Waals surface area contributed by atoms with E-state index in [1.54, 1.807) is 0 Å². The van der Waals surface area contributed by atoms with E-state index in [9.17, 15) is 4.79 Å². The SMILES string of the molecule is CCCC/C=C1\CCC(CN2CCCCC2)C1=O. The molecule has 0 radical (unpaired) electrons. The number of hydrogen-bond acceptors (Lipinski definition) is 2. The molecule has 0 amide bonds. The zero-order valence-corrected chi connectivity index (χ0v) is 11.8. The Morgan fingerprint density at radius 2 is 2.06 bits per heavy atom. The molecule has 0 spiro atoms. The smallest absolute Gasteiger partial charge is 0.162 e. The Hall–Kier alpha value is -0.630. The van der Waals surface area contributed by atoms with E-state index in [4.69, 9.17) is 0 Å². The number of rotatable bonds is 5. The molecule has 0 aromatic carbocycles. The highest BCUT2D eigenvalue weighted by atomic mass is 16.1. The number of hydrogen-bond donors (Lipinski definition) is 0. The zero-order chi connectivity index (χ0) is 12.8. The molecular weight excluding hydrogens is 222 g/mol. The molecule has 1 saturated carbocycles. The number of carbonyl (C=O) groups excluding carboxylic acids is 1. The van der Waals surface area contributed by atoms with E-state index >= 15 is 0 Å². The number of nitrogens with zero attached hydrogens (tertiary/aromatic N) is 1. The molecule has 102 valence electrons. The van der Waals surface area contributed by atoms with Crippen LogP contribution in [-0.4, -0.2) is 30.3 Å². The van der Waals surface area contributed by atoms with E-state index in [0.29, 0.717) is 11.7 Å². The highest BCUT2D eigenvalue weighted by Crippen LogP contribution is 2.28. The first kappa shape index (κ1) is 13.8. The van der Waals surface area contributed by atoms with Gasteiger partial charge in [-0.3, -0.25) is 4.79 Å². The van der Waals surface area contributed by atoms with Crippen LogP contribution < -0.4 is 0 Å². The number of carbonyl (C=O) groups is 1. The average Bonchev–Trinajstić information content (AvgIpc) is 2.73. The van der Waals surface area contributed by atoms with Crippen molar-refractivity contribution in [2.45, 2.75) is 58.3 Å². The highest BCUT2D eigenvalue weighted by Gasteiger charge is 2.30. The quantitative estimate of drug-likeness (QED) is 0.548. The minimum atomic E-state index is 0.302. The molecule has 1 aliphatic heterocycles. The third-order valence-corrected chi connectivity index (χ3v) is 4.33. The Morgan fingerprint density at radius 3 is 2.78 bits per heavy atom. The largest absolute Gasteiger partial charge is 0.303 e. The molecule has 0 aromatic heterocycles. The summed E-state index contributed by atoms with van der Waals surface area (Å²) in [6.07, 6.45) is 11.9. The molecule has 2 fully saturated rings. The second kappa shape index (κ2) is 7.08. The maximum atomic E-state index is 12.3. The molecule has 1 saturated heterocycles. The Morgan fingerprint density at radius 1 is 1.28 bits per heavy atom. The van der Waals surface area contributed by atoms with Crippen molar-refractivity contribution < 1.29 is 4.79 Å². The Kier molecular flexibility index (Phi) is 5.43. The van der Waals surface area contributed by atoms with Gasteiger partial charge >= 0.3 is 0 Å². The van der Waals surface area contributed by atoms with Crippen molar-refractivity contribution in [2.75, 3.05) is 19.6 Å². The van der Waals surface area contributed by atoms with Crippen LogP contribution in [0.3, 0.4) is 0 Å². The van der Waals surface area contributed by atoms with E-state index in [1.807, 2.05) is 0 Å². The van der Waals surface area contributed by atoms with Gasteiger partial charge in [0.1, 0.15) is 0 Å². The van der Waals surface area contributed by atoms with E-state index in [2.05, 4.69) is 17.9 Å². The fourth-order valence-corrected chi connectivity index (χ4v) is 3.16. The first-order chi connectivity index (χ1) is 8.81. The molecule has 0 N–H and O–H groups in total. The Balaban J connectivity index is 1.80. The van der Waals surface area contributed by atoms with E-state index < -0.39 is 0 Å². The number of Topliss-reactive ketones (excluding diaryl/α,β-unsaturated/α-hetero) is 1. The summed E-state index contributed by atoms with van der Waals surface area (Å²) in [6, 6.07) is 0. The third kappa shape index (κ3) is 3.68. The molecule has 1 atom stereocenters. The van der Waals surface area contributed by atoms with Gasteiger partial charge in [0, 0.05) is 12.5 Å². The topological polar surface area (TPSA) is 20.3 Å². The van der Waals surface area contributed by atoms with Crippen molar-refractivity contribution in [1.29, 1.82) is 0 Å². The Labute approximate surface area is 111 Å². The predicted octanol–water partition coefficient (Wildman–Crippen LogP) is 3.57. The van der Waals surface area contributed by atoms with Crippen LogP contribution in [-0.2, 0) is 4.79 Å². The van der Waals surface area contributed by atoms with Crippen LogP contribution >= 0.6 is 0 Å². The van der Waals surface area contributed by atoms with Gasteiger partial charge in [-0.15, -0.1) is 0 Å². The lowest BCUT2D eigenvalue weighted by molar-refractivity contribution is -0.118. The lowest BCUT2D eigenvalue weighted by atomic mass is 10.0. The summed E-state index contributed by atoms with van der Waals surface area (Å²) >= 11 is 0. The van der Waals surface area contributed by atoms with Gasteiger partial charge in [-0.05, 0) is 50.8 Å². The summed E-state index contributed by atoms with van der Waals surface area (Å²) in [4.78, 5) is 14.8. The number of allylic oxidation sites excluding steroid dienone is 2. The van der Waals surface area contributed by atoms with Gasteiger partial charge < -0.3 is 4.90 Å². The van der Waals surface area contributed by atoms with Crippen molar-refractivity contribution in [3.8, 4) is 0 Å². The number of unbranched alkanes of at least 4 members (excludes halogenated alkanes) is 2. The van der Waals surface area contributed by atoms with Crippen molar-refractivity contribution in [3.05, 3.63) is 11.6 Å². The van der Waals surface area contributed by atoms with E-state index in [0.717, 1.165) is 31.4 Å². The van der Waals surface area contributed by atoms with Crippen molar-refractivity contribution in [2.24, 2.45) is 5.92 Å². The molecule has 2 heteroatoms. The maximum Gasteiger partial charge on any atom is 0.162 e. The Bertz CT molecular complexity index is 302. The lowest BCUT2D eigenvalue weighted by Crippen LogP contribution is -2.35. The third-order valence-electron chi connectivity index (χ3n) is 4.33. The van der Waals surface area contributed by atoms with E-state index in [-0.39, 0.29) is 0 Å². The summed E-state index contributed by atoms with van der Waals surface area (Å²) < 4.78 is 0. The summed E-state index contributed by atoms with van der Waals surface area (Å²) in [5.74, 6) is 0.757. The van der Waals surface area contributed by atoms with Crippen LogP contribution in [0.25, 0.3) is 0 Å². The minimum Gasteiger partial charge on any atom is -0.303 e. The first-order valence-corrected chi connectivity index (χ1v) is 7.77. The summed E-state index contributed by atoms with van der Waals surface area (Å²) in [6.45, 7) is 5.63. The fourth-order valence-electron chi connectivity index (χ4n) is 3.16. The zero-order valence-electron chi connectivity index (χ0n) is 11.8. The monoisotopic (exact) mass is 249 g/mol. The summed E-state index contributed by atoms with van der Waals surface area (Å²) in [5, 5.41) is 0. The minimum absolute atomic E-state index is 0.302. The second-order valence-electron chi connectivity index (χ2n) is 5.83. The maximum absolute atomic E-state index is 12.3. The summed E-state index contributed by atoms with van der Waals surface area (Å²) in [7, 11) is 0. The van der Waals surface area contributed by atoms with Crippen LogP contribution in [0.15, 0.2) is 11.6 Å². The van der Waals surface area contributed by atoms with Crippen LogP contribution in [0.5, 0.6) is 0 Å². The normalized spacial score (nSPS) is 28.2. The summed E-state index contributed by atoms with van der Waals surface area (Å²) in [5.41, 5.74) is 1.13. The molecule has 2 nitrogen and oxygen atoms in total. The van der Waals surface area contributed by atoms with Gasteiger partial charge in [0.05, 0.1) is 0 Å². The molecule has 1 aliphatic carbocycles. The van der Waals surface area contributed by atoms with E-state index in [1.165, 1.54) is 45.2 Å². The number of ketones is 1. The molecule has 1 unspecified atom stereocenters. The number of likely N-dealkylation sites (tertiary alicyclic amines) is 1. The fraction of sp³-hybridized carbons (Fsp3) is 0.812. The van der Waals surface area contributed by atoms with Gasteiger partial charge in [-0.25, -0.2) is 0 Å². The van der Waals surface area contributed by atoms with Crippen molar-refractivity contribution in [3.63, 3.8) is 0 Å². The second-order valence-corrected chi connectivity index (χ2v) is 5.83. The molecule has 2 aliphatic rings. The first-order valence-electron chi connectivity index (χ1n) is 7.77. The number of piperidine rings is 1. The van der Waals surface area contributed by atoms with Gasteiger partial charge in [-0.2, -0.15) is 0 Å². The van der Waals surface area contributed by atoms with Crippen LogP contribution in [0, 0.1) is 5.92 Å². The van der Waals surface area contributed by atoms with Crippen LogP contribution in [0.1, 0.15) is 58.3 Å². The lowest BCUT2D eigenvalue weighted by Gasteiger charge is -2.28. The molecule has 1 heterocycles. The standard InChI is InChI=1S/C16H27NO/c1-2-3-5-8-14-9-10-15(16(14)18)13-17-11-6-4-7-12-17/h8,15H,2-7,9-13H2,1H3/b14-8+. The molecular formula is C16H27NO. The average molecular weight is 249 g/mol. The molecule has 0 aromatic rings. The molecule has 18 heavy (non-hydrogen) atoms. The molecule has 0 bridgehead atoms. The van der Waals surface area contributed by atoms with Gasteiger partial charge in [-0.1, -0.05) is 32.3 Å².